The molecule has 0 atom stereocenters. The molecule has 0 saturated carbocycles. The molecule has 1 heterocycles. The number of hydrogen-bond acceptors (Lipinski definition) is 5. The normalized spacial score (nSPS) is 10.3. The first-order valence-corrected chi connectivity index (χ1v) is 7.44. The van der Waals surface area contributed by atoms with Crippen molar-refractivity contribution < 1.29 is 4.74 Å². The highest BCUT2D eigenvalue weighted by atomic mass is 35.5. The van der Waals surface area contributed by atoms with Crippen LogP contribution in [0.25, 0.3) is 0 Å². The molecule has 0 unspecified atom stereocenters. The van der Waals surface area contributed by atoms with E-state index in [0.717, 1.165) is 28.7 Å². The van der Waals surface area contributed by atoms with Gasteiger partial charge in [0.1, 0.15) is 12.4 Å². The van der Waals surface area contributed by atoms with Gasteiger partial charge in [-0.15, -0.1) is 0 Å². The zero-order valence-corrected chi connectivity index (χ0v) is 12.6. The van der Waals surface area contributed by atoms with E-state index in [4.69, 9.17) is 16.3 Å². The molecule has 0 spiro atoms. The predicted molar refractivity (Wildman–Crippen MR) is 85.4 cm³/mol. The molecular weight excluding hydrogens is 306 g/mol. The maximum atomic E-state index is 5.95. The van der Waals surface area contributed by atoms with E-state index < -0.39 is 0 Å². The monoisotopic (exact) mass is 317 g/mol. The van der Waals surface area contributed by atoms with Crippen molar-refractivity contribution in [1.82, 2.24) is 8.75 Å². The second kappa shape index (κ2) is 6.56. The van der Waals surface area contributed by atoms with E-state index in [2.05, 4.69) is 14.1 Å². The predicted octanol–water partition coefficient (Wildman–Crippen LogP) is 4.51. The Hall–Kier alpha value is -2.11. The molecule has 0 fully saturated rings. The van der Waals surface area contributed by atoms with Crippen LogP contribution in [0.1, 0.15) is 5.56 Å². The number of anilines is 2. The smallest absolute Gasteiger partial charge is 0.187 e. The number of rotatable bonds is 5. The summed E-state index contributed by atoms with van der Waals surface area (Å²) in [6.45, 7) is 0.503. The molecule has 0 aliphatic carbocycles. The molecule has 106 valence electrons. The molecule has 6 heteroatoms. The zero-order chi connectivity index (χ0) is 14.5. The van der Waals surface area contributed by atoms with E-state index in [1.165, 1.54) is 0 Å². The fourth-order valence-corrected chi connectivity index (χ4v) is 2.46. The van der Waals surface area contributed by atoms with Crippen molar-refractivity contribution in [1.29, 1.82) is 0 Å². The number of ether oxygens (including phenoxy) is 1. The van der Waals surface area contributed by atoms with Gasteiger partial charge in [-0.2, -0.15) is 8.75 Å². The minimum atomic E-state index is 0.359. The molecule has 0 bridgehead atoms. The number of halogens is 1. The number of aromatic nitrogens is 2. The first kappa shape index (κ1) is 13.9. The summed E-state index contributed by atoms with van der Waals surface area (Å²) in [4.78, 5) is 0. The van der Waals surface area contributed by atoms with E-state index in [9.17, 15) is 0 Å². The van der Waals surface area contributed by atoms with Gasteiger partial charge in [-0.05, 0) is 17.7 Å². The molecule has 0 radical (unpaired) electrons. The highest BCUT2D eigenvalue weighted by Crippen LogP contribution is 2.30. The summed E-state index contributed by atoms with van der Waals surface area (Å²) < 4.78 is 13.9. The van der Waals surface area contributed by atoms with Crippen molar-refractivity contribution in [3.8, 4) is 5.75 Å². The number of hydrogen-bond donors (Lipinski definition) is 1. The average Bonchev–Trinajstić information content (AvgIpc) is 2.93. The Bertz CT molecular complexity index is 718. The van der Waals surface area contributed by atoms with Crippen molar-refractivity contribution in [3.05, 3.63) is 65.3 Å². The highest BCUT2D eigenvalue weighted by Gasteiger charge is 2.09. The van der Waals surface area contributed by atoms with Gasteiger partial charge in [0, 0.05) is 0 Å². The van der Waals surface area contributed by atoms with E-state index in [0.29, 0.717) is 17.6 Å². The van der Waals surface area contributed by atoms with Gasteiger partial charge in [0.2, 0.25) is 0 Å². The Balaban J connectivity index is 1.75. The summed E-state index contributed by atoms with van der Waals surface area (Å²) in [5.41, 5.74) is 1.92. The van der Waals surface area contributed by atoms with Crippen LogP contribution in [-0.4, -0.2) is 8.75 Å². The van der Waals surface area contributed by atoms with Crippen LogP contribution in [-0.2, 0) is 6.61 Å². The molecule has 3 aromatic rings. The van der Waals surface area contributed by atoms with Crippen LogP contribution in [0.5, 0.6) is 5.75 Å². The van der Waals surface area contributed by atoms with Gasteiger partial charge >= 0.3 is 0 Å². The minimum absolute atomic E-state index is 0.359. The molecule has 0 aliphatic heterocycles. The summed E-state index contributed by atoms with van der Waals surface area (Å²) in [5, 5.41) is 3.50. The summed E-state index contributed by atoms with van der Waals surface area (Å²) in [7, 11) is 0. The Morgan fingerprint density at radius 2 is 1.76 bits per heavy atom. The van der Waals surface area contributed by atoms with E-state index in [1.54, 1.807) is 0 Å². The van der Waals surface area contributed by atoms with Crippen LogP contribution < -0.4 is 10.1 Å². The largest absolute Gasteiger partial charge is 0.487 e. The van der Waals surface area contributed by atoms with Gasteiger partial charge in [0.25, 0.3) is 0 Å². The maximum Gasteiger partial charge on any atom is 0.187 e. The number of nitrogens with one attached hydrogen (secondary N) is 1. The highest BCUT2D eigenvalue weighted by molar-refractivity contribution is 6.99. The van der Waals surface area contributed by atoms with Crippen molar-refractivity contribution in [2.75, 3.05) is 5.32 Å². The SMILES string of the molecule is Clc1nsnc1Nc1ccccc1OCc1ccccc1. The third-order valence-electron chi connectivity index (χ3n) is 2.83. The van der Waals surface area contributed by atoms with Crippen LogP contribution in [0.4, 0.5) is 11.5 Å². The first-order valence-electron chi connectivity index (χ1n) is 6.34. The van der Waals surface area contributed by atoms with Gasteiger partial charge in [0.15, 0.2) is 11.0 Å². The average molecular weight is 318 g/mol. The van der Waals surface area contributed by atoms with Crippen LogP contribution in [0.3, 0.4) is 0 Å². The molecule has 0 aliphatic rings. The number of para-hydroxylation sites is 2. The number of nitrogens with zero attached hydrogens (tertiary/aromatic N) is 2. The lowest BCUT2D eigenvalue weighted by Crippen LogP contribution is -1.99. The number of benzene rings is 2. The van der Waals surface area contributed by atoms with E-state index >= 15 is 0 Å². The third kappa shape index (κ3) is 3.51. The van der Waals surface area contributed by atoms with Crippen LogP contribution in [0.2, 0.25) is 5.15 Å². The van der Waals surface area contributed by atoms with Crippen molar-refractivity contribution in [3.63, 3.8) is 0 Å². The second-order valence-electron chi connectivity index (χ2n) is 4.30. The van der Waals surface area contributed by atoms with Gasteiger partial charge in [0.05, 0.1) is 17.4 Å². The van der Waals surface area contributed by atoms with Crippen molar-refractivity contribution in [2.45, 2.75) is 6.61 Å². The topological polar surface area (TPSA) is 47.0 Å². The molecule has 21 heavy (non-hydrogen) atoms. The Labute approximate surface area is 131 Å². The quantitative estimate of drug-likeness (QED) is 0.752. The summed E-state index contributed by atoms with van der Waals surface area (Å²) >= 11 is 7.01. The zero-order valence-electron chi connectivity index (χ0n) is 11.0. The molecule has 4 nitrogen and oxygen atoms in total. The summed E-state index contributed by atoms with van der Waals surface area (Å²) in [6, 6.07) is 17.7. The third-order valence-corrected chi connectivity index (χ3v) is 3.72. The van der Waals surface area contributed by atoms with Crippen LogP contribution in [0.15, 0.2) is 54.6 Å². The molecule has 2 aromatic carbocycles. The molecule has 0 saturated heterocycles. The lowest BCUT2D eigenvalue weighted by atomic mass is 10.2. The lowest BCUT2D eigenvalue weighted by molar-refractivity contribution is 0.308. The molecule has 1 N–H and O–H groups in total. The molecule has 1 aromatic heterocycles. The van der Waals surface area contributed by atoms with E-state index in [-0.39, 0.29) is 0 Å². The van der Waals surface area contributed by atoms with Crippen LogP contribution in [0, 0.1) is 0 Å². The fourth-order valence-electron chi connectivity index (χ4n) is 1.81. The Kier molecular flexibility index (Phi) is 4.33. The Morgan fingerprint density at radius 3 is 2.52 bits per heavy atom. The fraction of sp³-hybridized carbons (Fsp3) is 0.0667. The maximum absolute atomic E-state index is 5.95. The molecule has 3 rings (SSSR count). The van der Waals surface area contributed by atoms with Gasteiger partial charge in [-0.25, -0.2) is 0 Å². The summed E-state index contributed by atoms with van der Waals surface area (Å²) in [6.07, 6.45) is 0. The van der Waals surface area contributed by atoms with Crippen LogP contribution >= 0.6 is 23.3 Å². The molecule has 0 amide bonds. The lowest BCUT2D eigenvalue weighted by Gasteiger charge is -2.12. The standard InChI is InChI=1S/C15H12ClN3OS/c16-14-15(19-21-18-14)17-12-8-4-5-9-13(12)20-10-11-6-2-1-3-7-11/h1-9H,10H2,(H,17,19). The van der Waals surface area contributed by atoms with Gasteiger partial charge in [-0.1, -0.05) is 54.1 Å². The molecular formula is C15H12ClN3OS. The van der Waals surface area contributed by atoms with E-state index in [1.807, 2.05) is 54.6 Å². The minimum Gasteiger partial charge on any atom is -0.487 e. The van der Waals surface area contributed by atoms with Gasteiger partial charge < -0.3 is 10.1 Å². The first-order chi connectivity index (χ1) is 10.3. The second-order valence-corrected chi connectivity index (χ2v) is 5.19. The van der Waals surface area contributed by atoms with Gasteiger partial charge in [-0.3, -0.25) is 0 Å². The van der Waals surface area contributed by atoms with Crippen molar-refractivity contribution in [2.24, 2.45) is 0 Å². The summed E-state index contributed by atoms with van der Waals surface area (Å²) in [5.74, 6) is 1.28. The van der Waals surface area contributed by atoms with Crippen molar-refractivity contribution >= 4 is 34.8 Å². The Morgan fingerprint density at radius 1 is 1.00 bits per heavy atom.